The van der Waals surface area contributed by atoms with E-state index in [1.165, 1.54) is 48.5 Å². The summed E-state index contributed by atoms with van der Waals surface area (Å²) in [5.41, 5.74) is 1.11. The zero-order chi connectivity index (χ0) is 19.6. The fourth-order valence-electron chi connectivity index (χ4n) is 2.28. The monoisotopic (exact) mass is 386 g/mol. The lowest BCUT2D eigenvalue weighted by Gasteiger charge is -2.03. The second-order valence-corrected chi connectivity index (χ2v) is 7.57. The summed E-state index contributed by atoms with van der Waals surface area (Å²) in [7, 11) is -3.88. The van der Waals surface area contributed by atoms with Crippen molar-refractivity contribution < 1.29 is 22.6 Å². The van der Waals surface area contributed by atoms with E-state index in [0.29, 0.717) is 5.69 Å². The fourth-order valence-corrected chi connectivity index (χ4v) is 3.45. The Morgan fingerprint density at radius 2 is 1.63 bits per heavy atom. The van der Waals surface area contributed by atoms with Gasteiger partial charge in [-0.25, -0.2) is 8.42 Å². The molecule has 0 aliphatic carbocycles. The molecule has 1 heterocycles. The third-order valence-corrected chi connectivity index (χ3v) is 5.38. The van der Waals surface area contributed by atoms with E-state index in [1.807, 2.05) is 6.92 Å². The Morgan fingerprint density at radius 3 is 2.22 bits per heavy atom. The van der Waals surface area contributed by atoms with Gasteiger partial charge in [0.1, 0.15) is 0 Å². The van der Waals surface area contributed by atoms with E-state index in [9.17, 15) is 23.3 Å². The van der Waals surface area contributed by atoms with Crippen molar-refractivity contribution in [3.05, 3.63) is 82.1 Å². The molecule has 0 aliphatic heterocycles. The predicted molar refractivity (Wildman–Crippen MR) is 96.4 cm³/mol. The van der Waals surface area contributed by atoms with Crippen LogP contribution in [0.5, 0.6) is 0 Å². The summed E-state index contributed by atoms with van der Waals surface area (Å²) in [5, 5.41) is 12.8. The number of amides is 1. The van der Waals surface area contributed by atoms with Crippen molar-refractivity contribution in [3.63, 3.8) is 0 Å². The number of aryl methyl sites for hydroxylation is 1. The number of nitrogens with zero attached hydrogens (tertiary/aromatic N) is 1. The minimum Gasteiger partial charge on any atom is -0.439 e. The molecular formula is C18H14N2O6S. The highest BCUT2D eigenvalue weighted by atomic mass is 32.2. The summed E-state index contributed by atoms with van der Waals surface area (Å²) in [6, 6.07) is 13.9. The Kier molecular flexibility index (Phi) is 4.78. The molecule has 1 amide bonds. The van der Waals surface area contributed by atoms with Crippen LogP contribution in [0.2, 0.25) is 0 Å². The normalized spacial score (nSPS) is 11.1. The molecule has 0 atom stereocenters. The van der Waals surface area contributed by atoms with E-state index in [4.69, 9.17) is 4.42 Å². The van der Waals surface area contributed by atoms with Crippen LogP contribution in [0.1, 0.15) is 16.1 Å². The summed E-state index contributed by atoms with van der Waals surface area (Å²) in [5.74, 6) is -0.867. The Bertz CT molecular complexity index is 1100. The third-order valence-electron chi connectivity index (χ3n) is 3.74. The molecule has 3 aromatic rings. The van der Waals surface area contributed by atoms with Crippen LogP contribution in [-0.4, -0.2) is 19.2 Å². The summed E-state index contributed by atoms with van der Waals surface area (Å²) in [4.78, 5) is 22.4. The molecule has 27 heavy (non-hydrogen) atoms. The number of anilines is 1. The maximum Gasteiger partial charge on any atom is 0.291 e. The molecule has 0 bridgehead atoms. The van der Waals surface area contributed by atoms with Gasteiger partial charge in [0, 0.05) is 17.8 Å². The van der Waals surface area contributed by atoms with Crippen LogP contribution >= 0.6 is 0 Å². The first-order valence-corrected chi connectivity index (χ1v) is 9.23. The van der Waals surface area contributed by atoms with Crippen molar-refractivity contribution in [2.45, 2.75) is 16.9 Å². The van der Waals surface area contributed by atoms with E-state index in [2.05, 4.69) is 5.32 Å². The summed E-state index contributed by atoms with van der Waals surface area (Å²) in [6.07, 6.45) is 0. The minimum atomic E-state index is -3.88. The fraction of sp³-hybridized carbons (Fsp3) is 0.0556. The highest BCUT2D eigenvalue weighted by Gasteiger charge is 2.23. The van der Waals surface area contributed by atoms with E-state index >= 15 is 0 Å². The highest BCUT2D eigenvalue weighted by Crippen LogP contribution is 2.24. The summed E-state index contributed by atoms with van der Waals surface area (Å²) in [6.45, 7) is 1.84. The van der Waals surface area contributed by atoms with Gasteiger partial charge in [0.25, 0.3) is 11.6 Å². The number of sulfone groups is 1. The molecule has 138 valence electrons. The van der Waals surface area contributed by atoms with E-state index < -0.39 is 20.7 Å². The number of furan rings is 1. The maximum absolute atomic E-state index is 12.6. The molecular weight excluding hydrogens is 372 g/mol. The SMILES string of the molecule is Cc1ccc(S(=O)(=O)c2ccc(C(=O)Nc3ccc([N+](=O)[O-])cc3)o2)cc1. The van der Waals surface area contributed by atoms with Crippen molar-refractivity contribution >= 4 is 27.1 Å². The van der Waals surface area contributed by atoms with E-state index in [1.54, 1.807) is 12.1 Å². The smallest absolute Gasteiger partial charge is 0.291 e. The Morgan fingerprint density at radius 1 is 1.00 bits per heavy atom. The quantitative estimate of drug-likeness (QED) is 0.529. The second-order valence-electron chi connectivity index (χ2n) is 5.69. The topological polar surface area (TPSA) is 120 Å². The number of hydrogen-bond acceptors (Lipinski definition) is 6. The lowest BCUT2D eigenvalue weighted by molar-refractivity contribution is -0.384. The third kappa shape index (κ3) is 3.87. The lowest BCUT2D eigenvalue weighted by atomic mass is 10.2. The highest BCUT2D eigenvalue weighted by molar-refractivity contribution is 7.91. The van der Waals surface area contributed by atoms with Gasteiger partial charge in [0.05, 0.1) is 9.82 Å². The van der Waals surface area contributed by atoms with Crippen molar-refractivity contribution in [1.82, 2.24) is 0 Å². The number of benzene rings is 2. The Balaban J connectivity index is 1.79. The zero-order valence-corrected chi connectivity index (χ0v) is 14.9. The number of carbonyl (C=O) groups is 1. The molecule has 0 unspecified atom stereocenters. The van der Waals surface area contributed by atoms with Gasteiger partial charge < -0.3 is 9.73 Å². The van der Waals surface area contributed by atoms with Gasteiger partial charge in [0.2, 0.25) is 14.9 Å². The van der Waals surface area contributed by atoms with Crippen molar-refractivity contribution in [2.75, 3.05) is 5.32 Å². The zero-order valence-electron chi connectivity index (χ0n) is 14.1. The summed E-state index contributed by atoms with van der Waals surface area (Å²) < 4.78 is 30.3. The van der Waals surface area contributed by atoms with E-state index in [0.717, 1.165) is 5.56 Å². The number of rotatable bonds is 5. The number of nitrogens with one attached hydrogen (secondary N) is 1. The lowest BCUT2D eigenvalue weighted by Crippen LogP contribution is -2.11. The van der Waals surface area contributed by atoms with Crippen LogP contribution < -0.4 is 5.32 Å². The number of non-ortho nitro benzene ring substituents is 1. The van der Waals surface area contributed by atoms with Gasteiger partial charge in [-0.3, -0.25) is 14.9 Å². The predicted octanol–water partition coefficient (Wildman–Crippen LogP) is 3.58. The number of hydrogen-bond donors (Lipinski definition) is 1. The van der Waals surface area contributed by atoms with Crippen LogP contribution in [0.25, 0.3) is 0 Å². The molecule has 1 aromatic heterocycles. The number of nitro groups is 1. The number of carbonyl (C=O) groups excluding carboxylic acids is 1. The maximum atomic E-state index is 12.6. The van der Waals surface area contributed by atoms with Gasteiger partial charge in [-0.05, 0) is 43.3 Å². The molecule has 0 radical (unpaired) electrons. The van der Waals surface area contributed by atoms with Gasteiger partial charge in [-0.15, -0.1) is 0 Å². The van der Waals surface area contributed by atoms with Crippen molar-refractivity contribution in [2.24, 2.45) is 0 Å². The first kappa shape index (κ1) is 18.3. The Hall–Kier alpha value is -3.46. The summed E-state index contributed by atoms with van der Waals surface area (Å²) >= 11 is 0. The first-order chi connectivity index (χ1) is 12.8. The minimum absolute atomic E-state index is 0.0600. The molecule has 0 saturated carbocycles. The van der Waals surface area contributed by atoms with Crippen LogP contribution in [0, 0.1) is 17.0 Å². The molecule has 9 heteroatoms. The average Bonchev–Trinajstić information content (AvgIpc) is 3.14. The average molecular weight is 386 g/mol. The molecule has 8 nitrogen and oxygen atoms in total. The molecule has 0 saturated heterocycles. The second kappa shape index (κ2) is 7.04. The van der Waals surface area contributed by atoms with Crippen LogP contribution in [0.3, 0.4) is 0 Å². The van der Waals surface area contributed by atoms with Gasteiger partial charge in [0.15, 0.2) is 5.76 Å². The molecule has 0 aliphatic rings. The van der Waals surface area contributed by atoms with Crippen molar-refractivity contribution in [1.29, 1.82) is 0 Å². The molecule has 2 aromatic carbocycles. The Labute approximate surface area is 154 Å². The van der Waals surface area contributed by atoms with Crippen LogP contribution in [0.4, 0.5) is 11.4 Å². The van der Waals surface area contributed by atoms with E-state index in [-0.39, 0.29) is 21.4 Å². The molecule has 0 spiro atoms. The van der Waals surface area contributed by atoms with Crippen molar-refractivity contribution in [3.8, 4) is 0 Å². The first-order valence-electron chi connectivity index (χ1n) is 7.75. The molecule has 1 N–H and O–H groups in total. The van der Waals surface area contributed by atoms with Crippen LogP contribution in [0.15, 0.2) is 75.1 Å². The van der Waals surface area contributed by atoms with Gasteiger partial charge in [-0.2, -0.15) is 0 Å². The number of nitro benzene ring substituents is 1. The largest absolute Gasteiger partial charge is 0.439 e. The van der Waals surface area contributed by atoms with Crippen LogP contribution in [-0.2, 0) is 9.84 Å². The van der Waals surface area contributed by atoms with Gasteiger partial charge in [-0.1, -0.05) is 17.7 Å². The van der Waals surface area contributed by atoms with Gasteiger partial charge >= 0.3 is 0 Å². The molecule has 0 fully saturated rings. The molecule has 3 rings (SSSR count). The standard InChI is InChI=1S/C18H14N2O6S/c1-12-2-8-15(9-3-12)27(24,25)17-11-10-16(26-17)18(21)19-13-4-6-14(7-5-13)20(22)23/h2-11H,1H3,(H,19,21).